The first-order chi connectivity index (χ1) is 15.1. The highest BCUT2D eigenvalue weighted by Crippen LogP contribution is 2.33. The molecular weight excluding hydrogens is 415 g/mol. The molecule has 3 rings (SSSR count). The second kappa shape index (κ2) is 8.93. The van der Waals surface area contributed by atoms with Crippen molar-refractivity contribution in [2.75, 3.05) is 12.4 Å². The molecule has 1 aromatic heterocycles. The zero-order valence-corrected chi connectivity index (χ0v) is 18.1. The van der Waals surface area contributed by atoms with Crippen LogP contribution in [0, 0.1) is 19.7 Å². The molecule has 166 valence electrons. The normalized spacial score (nSPS) is 10.5. The molecule has 0 atom stereocenters. The summed E-state index contributed by atoms with van der Waals surface area (Å²) >= 11 is 0. The number of pyridine rings is 1. The number of nitrogens with two attached hydrogens (primary N) is 1. The molecule has 9 heteroatoms. The Balaban J connectivity index is 2.15. The van der Waals surface area contributed by atoms with Gasteiger partial charge >= 0.3 is 0 Å². The Morgan fingerprint density at radius 1 is 1.09 bits per heavy atom. The number of aromatic nitrogens is 1. The molecule has 3 aromatic rings. The first-order valence-corrected chi connectivity index (χ1v) is 9.70. The van der Waals surface area contributed by atoms with Crippen molar-refractivity contribution >= 4 is 23.3 Å². The Kier molecular flexibility index (Phi) is 6.29. The van der Waals surface area contributed by atoms with Crippen LogP contribution in [-0.4, -0.2) is 23.4 Å². The monoisotopic (exact) mass is 438 g/mol. The predicted molar refractivity (Wildman–Crippen MR) is 119 cm³/mol. The molecule has 0 bridgehead atoms. The minimum absolute atomic E-state index is 0.0251. The highest BCUT2D eigenvalue weighted by molar-refractivity contribution is 6.01. The molecule has 4 N–H and O–H groups in total. The van der Waals surface area contributed by atoms with E-state index in [9.17, 15) is 18.8 Å². The van der Waals surface area contributed by atoms with Gasteiger partial charge in [0.05, 0.1) is 5.69 Å². The lowest BCUT2D eigenvalue weighted by Gasteiger charge is -2.19. The quantitative estimate of drug-likeness (QED) is 0.547. The van der Waals surface area contributed by atoms with E-state index in [-0.39, 0.29) is 34.5 Å². The molecule has 2 amide bonds. The number of primary amides is 1. The number of hydrogen-bond acceptors (Lipinski definition) is 5. The average Bonchev–Trinajstić information content (AvgIpc) is 2.74. The summed E-state index contributed by atoms with van der Waals surface area (Å²) in [5, 5.41) is 5.32. The van der Waals surface area contributed by atoms with Gasteiger partial charge in [-0.3, -0.25) is 19.0 Å². The number of anilines is 2. The molecule has 8 nitrogen and oxygen atoms in total. The largest absolute Gasteiger partial charge is 0.456 e. The molecule has 0 fully saturated rings. The van der Waals surface area contributed by atoms with E-state index in [4.69, 9.17) is 10.5 Å². The van der Waals surface area contributed by atoms with Crippen LogP contribution in [0.25, 0.3) is 0 Å². The lowest BCUT2D eigenvalue weighted by molar-refractivity contribution is 0.0959. The van der Waals surface area contributed by atoms with E-state index < -0.39 is 17.3 Å². The zero-order valence-electron chi connectivity index (χ0n) is 18.1. The number of benzene rings is 2. The van der Waals surface area contributed by atoms with Gasteiger partial charge in [-0.25, -0.2) is 4.39 Å². The minimum Gasteiger partial charge on any atom is -0.456 e. The van der Waals surface area contributed by atoms with E-state index >= 15 is 0 Å². The Labute approximate surface area is 183 Å². The molecule has 0 radical (unpaired) electrons. The van der Waals surface area contributed by atoms with Crippen LogP contribution >= 0.6 is 0 Å². The van der Waals surface area contributed by atoms with Gasteiger partial charge in [-0.05, 0) is 43.7 Å². The van der Waals surface area contributed by atoms with Crippen LogP contribution in [0.3, 0.4) is 0 Å². The maximum Gasteiger partial charge on any atom is 0.256 e. The lowest BCUT2D eigenvalue weighted by atomic mass is 10.1. The van der Waals surface area contributed by atoms with Crippen molar-refractivity contribution in [3.63, 3.8) is 0 Å². The summed E-state index contributed by atoms with van der Waals surface area (Å²) in [6.07, 6.45) is 0. The van der Waals surface area contributed by atoms with E-state index in [1.54, 1.807) is 38.1 Å². The third-order valence-electron chi connectivity index (χ3n) is 5.00. The van der Waals surface area contributed by atoms with Crippen molar-refractivity contribution in [2.24, 2.45) is 12.8 Å². The summed E-state index contributed by atoms with van der Waals surface area (Å²) in [4.78, 5) is 37.0. The number of halogens is 1. The lowest BCUT2D eigenvalue weighted by Crippen LogP contribution is -2.25. The number of ether oxygens (including phenoxy) is 1. The molecule has 0 aliphatic carbocycles. The summed E-state index contributed by atoms with van der Waals surface area (Å²) in [6, 6.07) is 10.4. The zero-order chi connectivity index (χ0) is 23.6. The number of nitrogens with one attached hydrogen (secondary N) is 2. The third-order valence-corrected chi connectivity index (χ3v) is 5.00. The fraction of sp³-hybridized carbons (Fsp3) is 0.174. The average molecular weight is 438 g/mol. The van der Waals surface area contributed by atoms with E-state index in [2.05, 4.69) is 10.6 Å². The third kappa shape index (κ3) is 4.31. The van der Waals surface area contributed by atoms with Crippen LogP contribution in [0.5, 0.6) is 11.5 Å². The van der Waals surface area contributed by atoms with Gasteiger partial charge in [-0.1, -0.05) is 12.1 Å². The molecule has 0 aliphatic rings. The molecule has 0 spiro atoms. The molecule has 0 saturated heterocycles. The van der Waals surface area contributed by atoms with Crippen molar-refractivity contribution in [3.8, 4) is 11.5 Å². The Morgan fingerprint density at radius 3 is 2.44 bits per heavy atom. The van der Waals surface area contributed by atoms with Crippen LogP contribution in [-0.2, 0) is 7.05 Å². The number of rotatable bonds is 6. The second-order valence-electron chi connectivity index (χ2n) is 7.21. The summed E-state index contributed by atoms with van der Waals surface area (Å²) in [7, 11) is 2.92. The maximum atomic E-state index is 14.4. The first-order valence-electron chi connectivity index (χ1n) is 9.70. The van der Waals surface area contributed by atoms with Gasteiger partial charge in [0.25, 0.3) is 17.4 Å². The Hall–Kier alpha value is -4.14. The molecule has 32 heavy (non-hydrogen) atoms. The fourth-order valence-corrected chi connectivity index (χ4v) is 3.21. The Bertz CT molecular complexity index is 1280. The van der Waals surface area contributed by atoms with E-state index in [1.165, 1.54) is 26.2 Å². The van der Waals surface area contributed by atoms with E-state index in [0.29, 0.717) is 16.7 Å². The second-order valence-corrected chi connectivity index (χ2v) is 7.21. The SMILES string of the molecule is CNC(=O)c1cccc(Oc2cc(=O)n(C)c(Nc3ccc(C)cc3F)c2C(N)=O)c1C. The summed E-state index contributed by atoms with van der Waals surface area (Å²) in [5.74, 6) is -1.65. The molecule has 1 heterocycles. The van der Waals surface area contributed by atoms with Crippen LogP contribution in [0.1, 0.15) is 31.8 Å². The van der Waals surface area contributed by atoms with Gasteiger partial charge in [0.2, 0.25) is 0 Å². The van der Waals surface area contributed by atoms with Crippen molar-refractivity contribution in [3.05, 3.63) is 80.9 Å². The van der Waals surface area contributed by atoms with Gasteiger partial charge in [-0.2, -0.15) is 0 Å². The van der Waals surface area contributed by atoms with Gasteiger partial charge in [0, 0.05) is 31.3 Å². The van der Waals surface area contributed by atoms with Gasteiger partial charge < -0.3 is 21.1 Å². The highest BCUT2D eigenvalue weighted by Gasteiger charge is 2.22. The maximum absolute atomic E-state index is 14.4. The van der Waals surface area contributed by atoms with Gasteiger partial charge in [0.1, 0.15) is 28.7 Å². The van der Waals surface area contributed by atoms with E-state index in [0.717, 1.165) is 10.6 Å². The number of carbonyl (C=O) groups is 2. The van der Waals surface area contributed by atoms with Crippen LogP contribution < -0.4 is 26.7 Å². The van der Waals surface area contributed by atoms with Crippen molar-refractivity contribution in [2.45, 2.75) is 13.8 Å². The smallest absolute Gasteiger partial charge is 0.256 e. The number of aryl methyl sites for hydroxylation is 1. The summed E-state index contributed by atoms with van der Waals surface area (Å²) < 4.78 is 21.4. The van der Waals surface area contributed by atoms with Crippen molar-refractivity contribution in [1.82, 2.24) is 9.88 Å². The fourth-order valence-electron chi connectivity index (χ4n) is 3.21. The number of nitrogens with zero attached hydrogens (tertiary/aromatic N) is 1. The van der Waals surface area contributed by atoms with Gasteiger partial charge in [-0.15, -0.1) is 0 Å². The van der Waals surface area contributed by atoms with Crippen LogP contribution in [0.4, 0.5) is 15.9 Å². The van der Waals surface area contributed by atoms with Crippen molar-refractivity contribution in [1.29, 1.82) is 0 Å². The molecule has 0 saturated carbocycles. The Morgan fingerprint density at radius 2 is 1.81 bits per heavy atom. The summed E-state index contributed by atoms with van der Waals surface area (Å²) in [5.41, 5.74) is 6.59. The standard InChI is InChI=1S/C23H23FN4O4/c1-12-8-9-16(15(24)10-12)27-22-20(21(25)30)18(11-19(29)28(22)4)32-17-7-5-6-14(13(17)2)23(31)26-3/h5-11,27H,1-4H3,(H2,25,30)(H,26,31). The highest BCUT2D eigenvalue weighted by atomic mass is 19.1. The first kappa shape index (κ1) is 22.5. The number of hydrogen-bond donors (Lipinski definition) is 3. The van der Waals surface area contributed by atoms with Gasteiger partial charge in [0.15, 0.2) is 0 Å². The predicted octanol–water partition coefficient (Wildman–Crippen LogP) is 3.14. The van der Waals surface area contributed by atoms with Crippen LogP contribution in [0.15, 0.2) is 47.3 Å². The number of carbonyl (C=O) groups excluding carboxylic acids is 2. The van der Waals surface area contributed by atoms with Crippen molar-refractivity contribution < 1.29 is 18.7 Å². The number of amides is 2. The molecule has 2 aromatic carbocycles. The minimum atomic E-state index is -0.884. The molecule has 0 unspecified atom stereocenters. The molecular formula is C23H23FN4O4. The van der Waals surface area contributed by atoms with Crippen LogP contribution in [0.2, 0.25) is 0 Å². The summed E-state index contributed by atoms with van der Waals surface area (Å²) in [6.45, 7) is 3.41. The topological polar surface area (TPSA) is 115 Å². The molecule has 0 aliphatic heterocycles. The van der Waals surface area contributed by atoms with E-state index in [1.807, 2.05) is 0 Å².